The van der Waals surface area contributed by atoms with E-state index in [1.807, 2.05) is 19.9 Å². The molecule has 2 amide bonds. The van der Waals surface area contributed by atoms with Crippen LogP contribution in [0.1, 0.15) is 32.0 Å². The van der Waals surface area contributed by atoms with Gasteiger partial charge in [0.2, 0.25) is 6.29 Å². The number of ether oxygens (including phenoxy) is 3. The fourth-order valence-corrected chi connectivity index (χ4v) is 5.75. The molecule has 0 radical (unpaired) electrons. The van der Waals surface area contributed by atoms with E-state index in [0.29, 0.717) is 5.57 Å². The van der Waals surface area contributed by atoms with E-state index in [0.717, 1.165) is 16.9 Å². The number of hydrogen-bond acceptors (Lipinski definition) is 14. The standard InChI is InChI=1S/C26H28N6O8S2/c1-13(2)10-38-26(36)40-14(3)39-24(35)20-16(7-6-15-5-4-8-28-9-15)11-41-23-19(22(34)32(20)23)30-21(33)18(31-37)17-12-42-25(27)29-17/h4-9,12-14,19,23,37H,10-11H2,1-3H3,(H2,27,29)(H,30,33)/b7-6-,31-18?/t14?,19-,23-/m1/s1. The second-order valence-corrected chi connectivity index (χ2v) is 11.4. The molecular formula is C26H28N6O8S2. The maximum Gasteiger partial charge on any atom is 0.511 e. The maximum atomic E-state index is 13.4. The van der Waals surface area contributed by atoms with Crippen LogP contribution in [0.2, 0.25) is 0 Å². The summed E-state index contributed by atoms with van der Waals surface area (Å²) in [5, 5.41) is 15.9. The number of esters is 1. The second-order valence-electron chi connectivity index (χ2n) is 9.42. The molecule has 2 aliphatic heterocycles. The predicted molar refractivity (Wildman–Crippen MR) is 153 cm³/mol. The zero-order valence-electron chi connectivity index (χ0n) is 22.8. The number of β-lactam (4-membered cyclic amide) rings is 1. The first-order valence-corrected chi connectivity index (χ1v) is 14.6. The fraction of sp³-hybridized carbons (Fsp3) is 0.346. The third kappa shape index (κ3) is 7.06. The monoisotopic (exact) mass is 616 g/mol. The van der Waals surface area contributed by atoms with Crippen LogP contribution in [-0.4, -0.2) is 79.8 Å². The lowest BCUT2D eigenvalue weighted by Gasteiger charge is -2.49. The highest BCUT2D eigenvalue weighted by molar-refractivity contribution is 8.00. The van der Waals surface area contributed by atoms with E-state index in [1.165, 1.54) is 29.0 Å². The zero-order valence-corrected chi connectivity index (χ0v) is 24.4. The van der Waals surface area contributed by atoms with E-state index in [9.17, 15) is 24.4 Å². The number of nitrogens with one attached hydrogen (secondary N) is 1. The van der Waals surface area contributed by atoms with Crippen LogP contribution in [0.25, 0.3) is 6.08 Å². The molecule has 2 aliphatic rings. The van der Waals surface area contributed by atoms with Gasteiger partial charge >= 0.3 is 12.1 Å². The number of nitrogens with zero attached hydrogens (tertiary/aromatic N) is 4. The van der Waals surface area contributed by atoms with Crippen LogP contribution in [0.15, 0.2) is 52.4 Å². The number of carbonyl (C=O) groups is 4. The van der Waals surface area contributed by atoms with Crippen molar-refractivity contribution < 1.29 is 38.6 Å². The number of hydrogen-bond donors (Lipinski definition) is 3. The smallest absolute Gasteiger partial charge is 0.434 e. The van der Waals surface area contributed by atoms with Crippen LogP contribution < -0.4 is 11.1 Å². The number of pyridine rings is 1. The molecule has 2 aromatic heterocycles. The van der Waals surface area contributed by atoms with Crippen molar-refractivity contribution >= 4 is 64.0 Å². The number of nitrogen functional groups attached to an aromatic ring is 1. The summed E-state index contributed by atoms with van der Waals surface area (Å²) in [6.45, 7) is 5.18. The van der Waals surface area contributed by atoms with Crippen molar-refractivity contribution in [1.29, 1.82) is 0 Å². The van der Waals surface area contributed by atoms with Crippen molar-refractivity contribution in [2.24, 2.45) is 11.1 Å². The number of aromatic nitrogens is 2. The van der Waals surface area contributed by atoms with Crippen molar-refractivity contribution in [3.8, 4) is 0 Å². The highest BCUT2D eigenvalue weighted by Crippen LogP contribution is 2.41. The minimum atomic E-state index is -1.32. The molecular weight excluding hydrogens is 588 g/mol. The Bertz CT molecular complexity index is 1440. The van der Waals surface area contributed by atoms with E-state index in [4.69, 9.17) is 19.9 Å². The maximum absolute atomic E-state index is 13.4. The average Bonchev–Trinajstić information content (AvgIpc) is 3.39. The molecule has 222 valence electrons. The van der Waals surface area contributed by atoms with E-state index in [-0.39, 0.29) is 34.8 Å². The van der Waals surface area contributed by atoms with Crippen LogP contribution in [-0.2, 0) is 28.6 Å². The first kappa shape index (κ1) is 30.5. The van der Waals surface area contributed by atoms with E-state index >= 15 is 0 Å². The number of thiazole rings is 1. The Morgan fingerprint density at radius 1 is 1.29 bits per heavy atom. The van der Waals surface area contributed by atoms with Gasteiger partial charge in [-0.05, 0) is 23.1 Å². The summed E-state index contributed by atoms with van der Waals surface area (Å²) in [6.07, 6.45) is 4.33. The molecule has 0 spiro atoms. The van der Waals surface area contributed by atoms with Gasteiger partial charge in [-0.25, -0.2) is 14.6 Å². The Balaban J connectivity index is 1.53. The SMILES string of the molecule is CC(C)COC(=O)OC(C)OC(=O)C1=C(/C=C\c2cccnc2)CS[C@@H]2[C@H](NC(=O)C(=NO)c3csc(N)n3)C(=O)N12. The number of nitrogens with two attached hydrogens (primary N) is 1. The normalized spacial score (nSPS) is 19.3. The molecule has 0 saturated carbocycles. The largest absolute Gasteiger partial charge is 0.511 e. The van der Waals surface area contributed by atoms with Crippen LogP contribution in [0, 0.1) is 5.92 Å². The van der Waals surface area contributed by atoms with Crippen molar-refractivity contribution in [2.75, 3.05) is 18.1 Å². The van der Waals surface area contributed by atoms with Gasteiger partial charge in [0.1, 0.15) is 22.8 Å². The third-order valence-electron chi connectivity index (χ3n) is 5.79. The molecule has 4 N–H and O–H groups in total. The van der Waals surface area contributed by atoms with Gasteiger partial charge in [-0.15, -0.1) is 23.1 Å². The minimum absolute atomic E-state index is 0.0466. The predicted octanol–water partition coefficient (Wildman–Crippen LogP) is 2.36. The number of oxime groups is 1. The Morgan fingerprint density at radius 3 is 2.71 bits per heavy atom. The molecule has 3 atom stereocenters. The molecule has 2 aromatic rings. The molecule has 1 unspecified atom stereocenters. The van der Waals surface area contributed by atoms with Gasteiger partial charge in [0.05, 0.1) is 6.61 Å². The topological polar surface area (TPSA) is 196 Å². The number of carbonyl (C=O) groups excluding carboxylic acids is 4. The Kier molecular flexibility index (Phi) is 9.80. The lowest BCUT2D eigenvalue weighted by molar-refractivity contribution is -0.169. The molecule has 4 rings (SSSR count). The summed E-state index contributed by atoms with van der Waals surface area (Å²) in [4.78, 5) is 60.7. The van der Waals surface area contributed by atoms with Gasteiger partial charge in [-0.2, -0.15) is 0 Å². The number of allylic oxidation sites excluding steroid dienone is 1. The first-order chi connectivity index (χ1) is 20.1. The molecule has 42 heavy (non-hydrogen) atoms. The number of thioether (sulfide) groups is 1. The van der Waals surface area contributed by atoms with Crippen LogP contribution >= 0.6 is 23.1 Å². The number of fused-ring (bicyclic) bond motifs is 1. The number of anilines is 1. The van der Waals surface area contributed by atoms with Gasteiger partial charge in [0.25, 0.3) is 11.8 Å². The van der Waals surface area contributed by atoms with Crippen LogP contribution in [0.4, 0.5) is 9.93 Å². The van der Waals surface area contributed by atoms with Gasteiger partial charge in [0.15, 0.2) is 10.8 Å². The number of rotatable bonds is 10. The van der Waals surface area contributed by atoms with Gasteiger partial charge in [-0.1, -0.05) is 37.2 Å². The average molecular weight is 617 g/mol. The van der Waals surface area contributed by atoms with E-state index < -0.39 is 47.4 Å². The van der Waals surface area contributed by atoms with E-state index in [2.05, 4.69) is 20.4 Å². The molecule has 1 saturated heterocycles. The first-order valence-electron chi connectivity index (χ1n) is 12.6. The summed E-state index contributed by atoms with van der Waals surface area (Å²) in [5.41, 5.74) is 6.40. The second kappa shape index (κ2) is 13.5. The number of amides is 2. The molecule has 0 bridgehead atoms. The summed E-state index contributed by atoms with van der Waals surface area (Å²) in [5.74, 6) is -2.00. The molecule has 16 heteroatoms. The Hall–Kier alpha value is -4.44. The zero-order chi connectivity index (χ0) is 30.4. The van der Waals surface area contributed by atoms with Crippen molar-refractivity contribution in [1.82, 2.24) is 20.2 Å². The van der Waals surface area contributed by atoms with E-state index in [1.54, 1.807) is 30.6 Å². The van der Waals surface area contributed by atoms with Gasteiger partial charge in [0, 0.05) is 30.5 Å². The van der Waals surface area contributed by atoms with Gasteiger partial charge < -0.3 is 30.5 Å². The molecule has 1 fully saturated rings. The molecule has 0 aromatic carbocycles. The van der Waals surface area contributed by atoms with Crippen LogP contribution in [0.3, 0.4) is 0 Å². The van der Waals surface area contributed by atoms with Crippen molar-refractivity contribution in [3.63, 3.8) is 0 Å². The summed E-state index contributed by atoms with van der Waals surface area (Å²) in [6, 6.07) is 2.53. The quantitative estimate of drug-likeness (QED) is 0.0882. The highest BCUT2D eigenvalue weighted by atomic mass is 32.2. The van der Waals surface area contributed by atoms with Crippen molar-refractivity contribution in [2.45, 2.75) is 38.5 Å². The molecule has 4 heterocycles. The third-order valence-corrected chi connectivity index (χ3v) is 7.76. The lowest BCUT2D eigenvalue weighted by Crippen LogP contribution is -2.71. The summed E-state index contributed by atoms with van der Waals surface area (Å²) in [7, 11) is 0. The minimum Gasteiger partial charge on any atom is -0.434 e. The fourth-order valence-electron chi connectivity index (χ4n) is 3.89. The molecule has 0 aliphatic carbocycles. The van der Waals surface area contributed by atoms with Crippen LogP contribution in [0.5, 0.6) is 0 Å². The van der Waals surface area contributed by atoms with Gasteiger partial charge in [-0.3, -0.25) is 19.5 Å². The highest BCUT2D eigenvalue weighted by Gasteiger charge is 2.54. The Labute approximate surface area is 248 Å². The summed E-state index contributed by atoms with van der Waals surface area (Å²) < 4.78 is 15.3. The summed E-state index contributed by atoms with van der Waals surface area (Å²) >= 11 is 2.36. The molecule has 14 nitrogen and oxygen atoms in total. The Morgan fingerprint density at radius 2 is 2.07 bits per heavy atom. The van der Waals surface area contributed by atoms with Crippen molar-refractivity contribution in [3.05, 3.63) is 58.5 Å². The lowest BCUT2D eigenvalue weighted by atomic mass is 10.0.